The largest absolute Gasteiger partial charge is 0.497 e. The Balaban J connectivity index is 1.65. The Morgan fingerprint density at radius 3 is 2.61 bits per heavy atom. The van der Waals surface area contributed by atoms with Crippen molar-refractivity contribution < 1.29 is 13.9 Å². The van der Waals surface area contributed by atoms with Crippen molar-refractivity contribution in [1.29, 1.82) is 0 Å². The predicted octanol–water partition coefficient (Wildman–Crippen LogP) is 5.90. The topological polar surface area (TPSA) is 51.9 Å². The van der Waals surface area contributed by atoms with Gasteiger partial charge >= 0.3 is 5.63 Å². The molecule has 0 fully saturated rings. The van der Waals surface area contributed by atoms with Crippen LogP contribution >= 0.6 is 15.9 Å². The molecular formula is C25H20BrNO4. The van der Waals surface area contributed by atoms with E-state index in [1.165, 1.54) is 0 Å². The lowest BCUT2D eigenvalue weighted by Gasteiger charge is -2.32. The van der Waals surface area contributed by atoms with Crippen molar-refractivity contribution in [3.63, 3.8) is 0 Å². The minimum atomic E-state index is -0.382. The van der Waals surface area contributed by atoms with Crippen molar-refractivity contribution in [2.45, 2.75) is 13.5 Å². The van der Waals surface area contributed by atoms with Crippen LogP contribution in [0.2, 0.25) is 0 Å². The van der Waals surface area contributed by atoms with Crippen molar-refractivity contribution in [1.82, 2.24) is 0 Å². The molecule has 156 valence electrons. The van der Waals surface area contributed by atoms with Gasteiger partial charge in [-0.1, -0.05) is 34.1 Å². The highest BCUT2D eigenvalue weighted by Gasteiger charge is 2.23. The van der Waals surface area contributed by atoms with Crippen LogP contribution in [0.4, 0.5) is 5.69 Å². The van der Waals surface area contributed by atoms with Gasteiger partial charge in [-0.25, -0.2) is 4.79 Å². The van der Waals surface area contributed by atoms with Crippen LogP contribution in [0.1, 0.15) is 11.1 Å². The normalized spacial score (nSPS) is 13.1. The van der Waals surface area contributed by atoms with Crippen LogP contribution in [0.3, 0.4) is 0 Å². The van der Waals surface area contributed by atoms with Crippen LogP contribution in [0.15, 0.2) is 74.3 Å². The van der Waals surface area contributed by atoms with Crippen LogP contribution in [0.25, 0.3) is 22.1 Å². The number of fused-ring (bicyclic) bond motifs is 2. The summed E-state index contributed by atoms with van der Waals surface area (Å²) >= 11 is 3.54. The number of anilines is 1. The summed E-state index contributed by atoms with van der Waals surface area (Å²) in [6.45, 7) is 3.07. The van der Waals surface area contributed by atoms with E-state index in [4.69, 9.17) is 13.9 Å². The average Bonchev–Trinajstić information content (AvgIpc) is 2.79. The molecule has 0 aliphatic carbocycles. The molecule has 5 nitrogen and oxygen atoms in total. The minimum Gasteiger partial charge on any atom is -0.497 e. The van der Waals surface area contributed by atoms with Crippen LogP contribution in [0.5, 0.6) is 11.5 Å². The Morgan fingerprint density at radius 1 is 1.06 bits per heavy atom. The van der Waals surface area contributed by atoms with E-state index < -0.39 is 0 Å². The standard InChI is InChI=1S/C25H20BrNO4/c1-15-24-17(13-27(14-30-24)19-5-3-4-18(26)11-19)10-22-21(12-23(28)31-25(15)22)16-6-8-20(29-2)9-7-16/h3-12H,13-14H2,1-2H3. The van der Waals surface area contributed by atoms with Crippen LogP contribution in [0, 0.1) is 6.92 Å². The first kappa shape index (κ1) is 19.7. The molecule has 1 aliphatic rings. The van der Waals surface area contributed by atoms with Gasteiger partial charge in [-0.2, -0.15) is 0 Å². The molecule has 0 amide bonds. The van der Waals surface area contributed by atoms with E-state index in [0.29, 0.717) is 18.9 Å². The number of benzene rings is 3. The summed E-state index contributed by atoms with van der Waals surface area (Å²) in [5, 5.41) is 0.890. The third kappa shape index (κ3) is 3.57. The maximum Gasteiger partial charge on any atom is 0.336 e. The fraction of sp³-hybridized carbons (Fsp3) is 0.160. The lowest BCUT2D eigenvalue weighted by atomic mass is 9.96. The third-order valence-electron chi connectivity index (χ3n) is 5.59. The highest BCUT2D eigenvalue weighted by Crippen LogP contribution is 2.39. The van der Waals surface area contributed by atoms with Crippen molar-refractivity contribution in [2.24, 2.45) is 0 Å². The van der Waals surface area contributed by atoms with Crippen molar-refractivity contribution in [2.75, 3.05) is 18.7 Å². The van der Waals surface area contributed by atoms with Gasteiger partial charge in [0.15, 0.2) is 6.73 Å². The van der Waals surface area contributed by atoms with Gasteiger partial charge in [0.25, 0.3) is 0 Å². The predicted molar refractivity (Wildman–Crippen MR) is 125 cm³/mol. The molecule has 0 N–H and O–H groups in total. The van der Waals surface area contributed by atoms with Gasteiger partial charge in [0.1, 0.15) is 17.1 Å². The molecule has 3 aromatic carbocycles. The summed E-state index contributed by atoms with van der Waals surface area (Å²) < 4.78 is 18.0. The Kier molecular flexibility index (Phi) is 4.94. The Labute approximate surface area is 188 Å². The zero-order chi connectivity index (χ0) is 21.5. The Hall–Kier alpha value is -3.25. The Bertz CT molecular complexity index is 1340. The lowest BCUT2D eigenvalue weighted by Crippen LogP contribution is -2.32. The number of halogens is 1. The van der Waals surface area contributed by atoms with E-state index >= 15 is 0 Å². The van der Waals surface area contributed by atoms with E-state index in [-0.39, 0.29) is 5.63 Å². The van der Waals surface area contributed by atoms with Crippen molar-refractivity contribution >= 4 is 32.6 Å². The van der Waals surface area contributed by atoms with E-state index in [2.05, 4.69) is 39.0 Å². The maximum atomic E-state index is 12.3. The number of rotatable bonds is 3. The van der Waals surface area contributed by atoms with Gasteiger partial charge in [-0.05, 0) is 54.4 Å². The van der Waals surface area contributed by atoms with Crippen LogP contribution < -0.4 is 20.0 Å². The van der Waals surface area contributed by atoms with Crippen LogP contribution in [-0.2, 0) is 6.54 Å². The smallest absolute Gasteiger partial charge is 0.336 e. The molecule has 5 rings (SSSR count). The third-order valence-corrected chi connectivity index (χ3v) is 6.08. The van der Waals surface area contributed by atoms with Crippen molar-refractivity contribution in [3.8, 4) is 22.6 Å². The second kappa shape index (κ2) is 7.78. The van der Waals surface area contributed by atoms with Crippen molar-refractivity contribution in [3.05, 3.63) is 86.7 Å². The minimum absolute atomic E-state index is 0.382. The molecular weight excluding hydrogens is 458 g/mol. The molecule has 0 bridgehead atoms. The van der Waals surface area contributed by atoms with Gasteiger partial charge in [0, 0.05) is 39.3 Å². The van der Waals surface area contributed by atoms with E-state index in [1.807, 2.05) is 43.3 Å². The highest BCUT2D eigenvalue weighted by atomic mass is 79.9. The summed E-state index contributed by atoms with van der Waals surface area (Å²) in [5.41, 5.74) is 4.92. The summed E-state index contributed by atoms with van der Waals surface area (Å²) in [4.78, 5) is 14.5. The molecule has 6 heteroatoms. The fourth-order valence-corrected chi connectivity index (χ4v) is 4.46. The molecule has 0 saturated carbocycles. The molecule has 0 saturated heterocycles. The van der Waals surface area contributed by atoms with E-state index in [9.17, 15) is 4.79 Å². The number of hydrogen-bond donors (Lipinski definition) is 0. The van der Waals surface area contributed by atoms with E-state index in [1.54, 1.807) is 13.2 Å². The molecule has 0 spiro atoms. The quantitative estimate of drug-likeness (QED) is 0.344. The molecule has 2 heterocycles. The van der Waals surface area contributed by atoms with Gasteiger partial charge in [-0.3, -0.25) is 0 Å². The molecule has 0 atom stereocenters. The van der Waals surface area contributed by atoms with E-state index in [0.717, 1.165) is 49.3 Å². The zero-order valence-electron chi connectivity index (χ0n) is 17.1. The summed E-state index contributed by atoms with van der Waals surface area (Å²) in [5.74, 6) is 1.55. The number of aryl methyl sites for hydroxylation is 1. The fourth-order valence-electron chi connectivity index (χ4n) is 4.07. The number of methoxy groups -OCH3 is 1. The highest BCUT2D eigenvalue weighted by molar-refractivity contribution is 9.10. The second-order valence-corrected chi connectivity index (χ2v) is 8.44. The van der Waals surface area contributed by atoms with Crippen LogP contribution in [-0.4, -0.2) is 13.8 Å². The monoisotopic (exact) mass is 477 g/mol. The first-order valence-corrected chi connectivity index (χ1v) is 10.7. The molecule has 4 aromatic rings. The number of nitrogens with zero attached hydrogens (tertiary/aromatic N) is 1. The summed E-state index contributed by atoms with van der Waals surface area (Å²) in [6, 6.07) is 19.5. The molecule has 0 radical (unpaired) electrons. The van der Waals surface area contributed by atoms with Gasteiger partial charge in [-0.15, -0.1) is 0 Å². The maximum absolute atomic E-state index is 12.3. The van der Waals surface area contributed by atoms with Gasteiger partial charge in [0.2, 0.25) is 0 Å². The molecule has 1 aromatic heterocycles. The Morgan fingerprint density at radius 2 is 1.87 bits per heavy atom. The molecule has 31 heavy (non-hydrogen) atoms. The SMILES string of the molecule is COc1ccc(-c2cc(=O)oc3c(C)c4c(cc23)CN(c2cccc(Br)c2)CO4)cc1. The zero-order valence-corrected chi connectivity index (χ0v) is 18.7. The first-order valence-electron chi connectivity index (χ1n) is 9.91. The summed E-state index contributed by atoms with van der Waals surface area (Å²) in [7, 11) is 1.63. The van der Waals surface area contributed by atoms with Gasteiger partial charge < -0.3 is 18.8 Å². The number of ether oxygens (including phenoxy) is 2. The average molecular weight is 478 g/mol. The number of hydrogen-bond acceptors (Lipinski definition) is 5. The van der Waals surface area contributed by atoms with Gasteiger partial charge in [0.05, 0.1) is 7.11 Å². The second-order valence-electron chi connectivity index (χ2n) is 7.53. The summed E-state index contributed by atoms with van der Waals surface area (Å²) in [6.07, 6.45) is 0. The molecule has 0 unspecified atom stereocenters. The lowest BCUT2D eigenvalue weighted by molar-refractivity contribution is 0.287. The first-order chi connectivity index (χ1) is 15.0. The molecule has 1 aliphatic heterocycles.